The minimum atomic E-state index is -0.324. The van der Waals surface area contributed by atoms with Crippen molar-refractivity contribution in [1.29, 1.82) is 0 Å². The van der Waals surface area contributed by atoms with E-state index >= 15 is 0 Å². The smallest absolute Gasteiger partial charge is 0.250 e. The maximum absolute atomic E-state index is 12.6. The van der Waals surface area contributed by atoms with Crippen molar-refractivity contribution in [2.45, 2.75) is 25.9 Å². The first kappa shape index (κ1) is 29.0. The molecule has 0 aliphatic carbocycles. The van der Waals surface area contributed by atoms with Gasteiger partial charge in [0.2, 0.25) is 0 Å². The number of aromatic hydroxyl groups is 1. The lowest BCUT2D eigenvalue weighted by Crippen LogP contribution is -2.21. The summed E-state index contributed by atoms with van der Waals surface area (Å²) >= 11 is 7.31. The number of phenolic OH excluding ortho intramolecular Hbond substituents is 1. The second kappa shape index (κ2) is 13.9. The van der Waals surface area contributed by atoms with E-state index in [9.17, 15) is 9.90 Å². The Kier molecular flexibility index (Phi) is 10.0. The standard InChI is InChI=1S/C29H31ClN6O3S/c1-4-35(5-2)24-12-9-21(26(37)17-24)18-31-32-27(38)19-40-29-34-33-28(20-7-10-22(30)11-8-20)36(29)23-13-15-25(16-14-23)39-6-3/h7-18,37H,4-6,19H2,1-3H3,(H,32,38)/b31-18-. The Hall–Kier alpha value is -4.02. The molecule has 9 nitrogen and oxygen atoms in total. The Morgan fingerprint density at radius 2 is 1.80 bits per heavy atom. The van der Waals surface area contributed by atoms with E-state index in [1.807, 2.05) is 54.0 Å². The molecule has 0 aliphatic heterocycles. The number of aromatic nitrogens is 3. The molecule has 0 bridgehead atoms. The SMILES string of the molecule is CCOc1ccc(-n2c(SCC(=O)N/N=C\c3ccc(N(CC)CC)cc3O)nnc2-c2ccc(Cl)cc2)cc1. The van der Waals surface area contributed by atoms with Gasteiger partial charge in [-0.05, 0) is 81.4 Å². The van der Waals surface area contributed by atoms with Gasteiger partial charge in [0.1, 0.15) is 11.5 Å². The van der Waals surface area contributed by atoms with Crippen molar-refractivity contribution in [1.82, 2.24) is 20.2 Å². The first-order valence-corrected chi connectivity index (χ1v) is 14.3. The van der Waals surface area contributed by atoms with Crippen LogP contribution in [0.5, 0.6) is 11.5 Å². The second-order valence-electron chi connectivity index (χ2n) is 8.57. The summed E-state index contributed by atoms with van der Waals surface area (Å²) < 4.78 is 7.46. The second-order valence-corrected chi connectivity index (χ2v) is 9.95. The number of ether oxygens (including phenoxy) is 1. The molecule has 0 spiro atoms. The highest BCUT2D eigenvalue weighted by Gasteiger charge is 2.17. The van der Waals surface area contributed by atoms with E-state index in [-0.39, 0.29) is 17.4 Å². The number of halogens is 1. The fourth-order valence-corrected chi connectivity index (χ4v) is 4.87. The van der Waals surface area contributed by atoms with Crippen LogP contribution in [0.15, 0.2) is 77.0 Å². The predicted molar refractivity (Wildman–Crippen MR) is 161 cm³/mol. The Balaban J connectivity index is 1.47. The van der Waals surface area contributed by atoms with Crippen molar-refractivity contribution in [2.75, 3.05) is 30.3 Å². The third-order valence-electron chi connectivity index (χ3n) is 6.01. The third kappa shape index (κ3) is 7.13. The summed E-state index contributed by atoms with van der Waals surface area (Å²) in [5, 5.41) is 24.3. The van der Waals surface area contributed by atoms with E-state index in [1.165, 1.54) is 18.0 Å². The van der Waals surface area contributed by atoms with Crippen LogP contribution in [0.25, 0.3) is 17.1 Å². The van der Waals surface area contributed by atoms with Crippen molar-refractivity contribution >= 4 is 41.2 Å². The largest absolute Gasteiger partial charge is 0.507 e. The Morgan fingerprint density at radius 1 is 1.07 bits per heavy atom. The average Bonchev–Trinajstić information content (AvgIpc) is 3.38. The Morgan fingerprint density at radius 3 is 2.45 bits per heavy atom. The number of thioether (sulfide) groups is 1. The molecule has 1 heterocycles. The number of amides is 1. The topological polar surface area (TPSA) is 105 Å². The zero-order valence-electron chi connectivity index (χ0n) is 22.5. The molecule has 208 valence electrons. The third-order valence-corrected chi connectivity index (χ3v) is 7.19. The molecule has 3 aromatic carbocycles. The van der Waals surface area contributed by atoms with Crippen molar-refractivity contribution in [2.24, 2.45) is 5.10 Å². The molecule has 0 saturated carbocycles. The van der Waals surface area contributed by atoms with Crippen molar-refractivity contribution < 1.29 is 14.6 Å². The molecule has 2 N–H and O–H groups in total. The maximum atomic E-state index is 12.6. The highest BCUT2D eigenvalue weighted by Crippen LogP contribution is 2.30. The number of hydrogen-bond donors (Lipinski definition) is 2. The average molecular weight is 579 g/mol. The number of hydrogen-bond acceptors (Lipinski definition) is 8. The van der Waals surface area contributed by atoms with Gasteiger partial charge in [-0.1, -0.05) is 23.4 Å². The molecule has 0 saturated heterocycles. The molecular formula is C29H31ClN6O3S. The lowest BCUT2D eigenvalue weighted by Gasteiger charge is -2.21. The van der Waals surface area contributed by atoms with Crippen LogP contribution < -0.4 is 15.1 Å². The van der Waals surface area contributed by atoms with E-state index in [0.29, 0.717) is 28.2 Å². The van der Waals surface area contributed by atoms with Crippen LogP contribution in [0.1, 0.15) is 26.3 Å². The van der Waals surface area contributed by atoms with Gasteiger partial charge in [-0.25, -0.2) is 5.43 Å². The Bertz CT molecular complexity index is 1450. The van der Waals surface area contributed by atoms with Crippen LogP contribution in [-0.2, 0) is 4.79 Å². The fraction of sp³-hybridized carbons (Fsp3) is 0.241. The summed E-state index contributed by atoms with van der Waals surface area (Å²) in [6.45, 7) is 8.30. The number of anilines is 1. The number of carbonyl (C=O) groups excluding carboxylic acids is 1. The maximum Gasteiger partial charge on any atom is 0.250 e. The molecule has 0 radical (unpaired) electrons. The van der Waals surface area contributed by atoms with Crippen molar-refractivity contribution in [3.8, 4) is 28.6 Å². The van der Waals surface area contributed by atoms with Crippen LogP contribution in [0.2, 0.25) is 5.02 Å². The molecule has 11 heteroatoms. The number of carbonyl (C=O) groups is 1. The van der Waals surface area contributed by atoms with E-state index in [4.69, 9.17) is 16.3 Å². The summed E-state index contributed by atoms with van der Waals surface area (Å²) in [6, 6.07) is 20.3. The molecule has 40 heavy (non-hydrogen) atoms. The van der Waals surface area contributed by atoms with Crippen molar-refractivity contribution in [3.05, 3.63) is 77.3 Å². The predicted octanol–water partition coefficient (Wildman–Crippen LogP) is 5.78. The number of phenols is 1. The fourth-order valence-electron chi connectivity index (χ4n) is 4.00. The molecule has 0 atom stereocenters. The Labute approximate surface area is 242 Å². The first-order valence-electron chi connectivity index (χ1n) is 12.9. The van der Waals surface area contributed by atoms with E-state index in [0.717, 1.165) is 35.8 Å². The molecule has 0 fully saturated rings. The summed E-state index contributed by atoms with van der Waals surface area (Å²) in [5.74, 6) is 1.20. The van der Waals surface area contributed by atoms with Crippen LogP contribution in [0.3, 0.4) is 0 Å². The minimum Gasteiger partial charge on any atom is -0.507 e. The van der Waals surface area contributed by atoms with Gasteiger partial charge in [-0.3, -0.25) is 9.36 Å². The molecule has 0 unspecified atom stereocenters. The highest BCUT2D eigenvalue weighted by atomic mass is 35.5. The summed E-state index contributed by atoms with van der Waals surface area (Å²) in [5.41, 5.74) is 5.60. The quantitative estimate of drug-likeness (QED) is 0.125. The highest BCUT2D eigenvalue weighted by molar-refractivity contribution is 7.99. The van der Waals surface area contributed by atoms with Gasteiger partial charge in [0, 0.05) is 46.7 Å². The van der Waals surface area contributed by atoms with Gasteiger partial charge in [0.15, 0.2) is 11.0 Å². The zero-order chi connectivity index (χ0) is 28.5. The van der Waals surface area contributed by atoms with Crippen LogP contribution in [0, 0.1) is 0 Å². The molecule has 4 rings (SSSR count). The van der Waals surface area contributed by atoms with Crippen molar-refractivity contribution in [3.63, 3.8) is 0 Å². The molecular weight excluding hydrogens is 548 g/mol. The molecule has 1 amide bonds. The van der Waals surface area contributed by atoms with E-state index < -0.39 is 0 Å². The van der Waals surface area contributed by atoms with Crippen LogP contribution >= 0.6 is 23.4 Å². The summed E-state index contributed by atoms with van der Waals surface area (Å²) in [7, 11) is 0. The zero-order valence-corrected chi connectivity index (χ0v) is 24.1. The number of hydrazone groups is 1. The molecule has 1 aromatic heterocycles. The van der Waals surface area contributed by atoms with Gasteiger partial charge < -0.3 is 14.7 Å². The monoisotopic (exact) mass is 578 g/mol. The van der Waals surface area contributed by atoms with Crippen LogP contribution in [0.4, 0.5) is 5.69 Å². The minimum absolute atomic E-state index is 0.0556. The lowest BCUT2D eigenvalue weighted by molar-refractivity contribution is -0.118. The number of rotatable bonds is 12. The van der Waals surface area contributed by atoms with Gasteiger partial charge in [0.05, 0.1) is 18.6 Å². The normalized spacial score (nSPS) is 11.1. The van der Waals surface area contributed by atoms with Gasteiger partial charge in [0.25, 0.3) is 5.91 Å². The first-order chi connectivity index (χ1) is 19.4. The number of nitrogens with one attached hydrogen (secondary N) is 1. The number of nitrogens with zero attached hydrogens (tertiary/aromatic N) is 5. The van der Waals surface area contributed by atoms with Gasteiger partial charge >= 0.3 is 0 Å². The summed E-state index contributed by atoms with van der Waals surface area (Å²) in [6.07, 6.45) is 1.42. The van der Waals surface area contributed by atoms with E-state index in [2.05, 4.69) is 39.5 Å². The molecule has 0 aliphatic rings. The molecule has 4 aromatic rings. The summed E-state index contributed by atoms with van der Waals surface area (Å²) in [4.78, 5) is 14.7. The van der Waals surface area contributed by atoms with Gasteiger partial charge in [-0.2, -0.15) is 5.10 Å². The lowest BCUT2D eigenvalue weighted by atomic mass is 10.2. The van der Waals surface area contributed by atoms with E-state index in [1.54, 1.807) is 24.3 Å². The van der Waals surface area contributed by atoms with Gasteiger partial charge in [-0.15, -0.1) is 10.2 Å². The number of benzene rings is 3. The van der Waals surface area contributed by atoms with Crippen LogP contribution in [-0.4, -0.2) is 57.4 Å².